The fourth-order valence-corrected chi connectivity index (χ4v) is 4.88. The van der Waals surface area contributed by atoms with Crippen molar-refractivity contribution in [1.29, 1.82) is 0 Å². The molecule has 4 rings (SSSR count). The van der Waals surface area contributed by atoms with Crippen LogP contribution < -0.4 is 26.0 Å². The molecule has 0 aromatic heterocycles. The molecule has 0 unspecified atom stereocenters. The lowest BCUT2D eigenvalue weighted by atomic mass is 10.2. The summed E-state index contributed by atoms with van der Waals surface area (Å²) in [5.74, 6) is 0. The van der Waals surface area contributed by atoms with E-state index in [2.05, 4.69) is 26.0 Å². The number of benzene rings is 4. The summed E-state index contributed by atoms with van der Waals surface area (Å²) in [6, 6.07) is 27.6. The van der Waals surface area contributed by atoms with E-state index in [0.29, 0.717) is 16.9 Å². The summed E-state index contributed by atoms with van der Waals surface area (Å²) in [5.41, 5.74) is 1.93. The summed E-state index contributed by atoms with van der Waals surface area (Å²) in [4.78, 5) is 25.5. The first-order valence-electron chi connectivity index (χ1n) is 11.3. The highest BCUT2D eigenvalue weighted by Gasteiger charge is 2.22. The number of urea groups is 2. The van der Waals surface area contributed by atoms with Gasteiger partial charge in [-0.2, -0.15) is 0 Å². The molecule has 0 saturated heterocycles. The van der Waals surface area contributed by atoms with Gasteiger partial charge in [0, 0.05) is 11.4 Å². The fourth-order valence-electron chi connectivity index (χ4n) is 3.53. The Bertz CT molecular complexity index is 1440. The first kappa shape index (κ1) is 25.3. The molecule has 188 valence electrons. The molecular formula is C27H25N5O4S. The maximum Gasteiger partial charge on any atom is 0.323 e. The van der Waals surface area contributed by atoms with E-state index < -0.39 is 22.1 Å². The summed E-state index contributed by atoms with van der Waals surface area (Å²) >= 11 is 0. The number of hydrogen-bond donors (Lipinski definition) is 5. The minimum atomic E-state index is -4.07. The van der Waals surface area contributed by atoms with Crippen LogP contribution >= 0.6 is 0 Å². The van der Waals surface area contributed by atoms with Crippen LogP contribution in [0.4, 0.5) is 38.0 Å². The Morgan fingerprint density at radius 2 is 1.03 bits per heavy atom. The largest absolute Gasteiger partial charge is 0.323 e. The molecule has 0 spiro atoms. The third-order valence-corrected chi connectivity index (χ3v) is 6.75. The van der Waals surface area contributed by atoms with Gasteiger partial charge in [0.1, 0.15) is 0 Å². The zero-order chi connectivity index (χ0) is 26.3. The Kier molecular flexibility index (Phi) is 7.70. The van der Waals surface area contributed by atoms with E-state index in [1.165, 1.54) is 18.2 Å². The Labute approximate surface area is 215 Å². The van der Waals surface area contributed by atoms with Gasteiger partial charge in [-0.05, 0) is 55.0 Å². The van der Waals surface area contributed by atoms with Crippen LogP contribution in [0.15, 0.2) is 108 Å². The number of nitrogens with one attached hydrogen (secondary N) is 5. The Hall–Kier alpha value is -4.83. The molecule has 4 amide bonds. The molecule has 37 heavy (non-hydrogen) atoms. The van der Waals surface area contributed by atoms with Gasteiger partial charge in [0.05, 0.1) is 22.0 Å². The number of para-hydroxylation sites is 3. The number of rotatable bonds is 7. The number of carbonyl (C=O) groups is 2. The Morgan fingerprint density at radius 3 is 1.51 bits per heavy atom. The lowest BCUT2D eigenvalue weighted by molar-refractivity contribution is 0.261. The van der Waals surface area contributed by atoms with Crippen LogP contribution in [-0.4, -0.2) is 20.5 Å². The first-order chi connectivity index (χ1) is 17.8. The molecule has 4 aromatic rings. The minimum absolute atomic E-state index is 0.00261. The van der Waals surface area contributed by atoms with E-state index in [9.17, 15) is 18.0 Å². The molecular weight excluding hydrogens is 490 g/mol. The number of aryl methyl sites for hydroxylation is 1. The predicted octanol–water partition coefficient (Wildman–Crippen LogP) is 6.08. The van der Waals surface area contributed by atoms with Crippen LogP contribution in [-0.2, 0) is 10.0 Å². The number of hydrogen-bond acceptors (Lipinski definition) is 4. The summed E-state index contributed by atoms with van der Waals surface area (Å²) in [7, 11) is -4.07. The van der Waals surface area contributed by atoms with Crippen molar-refractivity contribution < 1.29 is 18.0 Å². The van der Waals surface area contributed by atoms with Crippen molar-refractivity contribution in [3.05, 3.63) is 109 Å². The molecule has 0 atom stereocenters. The topological polar surface area (TPSA) is 128 Å². The SMILES string of the molecule is Cc1ccccc1S(=O)(=O)Nc1c(NC(=O)Nc2ccccc2)cccc1NC(=O)Nc1ccccc1. The molecule has 10 heteroatoms. The second-order valence-corrected chi connectivity index (χ2v) is 9.64. The van der Waals surface area contributed by atoms with Crippen LogP contribution in [0.3, 0.4) is 0 Å². The van der Waals surface area contributed by atoms with Gasteiger partial charge in [0.15, 0.2) is 0 Å². The van der Waals surface area contributed by atoms with Crippen molar-refractivity contribution >= 4 is 50.5 Å². The van der Waals surface area contributed by atoms with Crippen molar-refractivity contribution in [1.82, 2.24) is 0 Å². The van der Waals surface area contributed by atoms with E-state index in [-0.39, 0.29) is 22.0 Å². The third kappa shape index (κ3) is 6.65. The van der Waals surface area contributed by atoms with Gasteiger partial charge >= 0.3 is 12.1 Å². The Balaban J connectivity index is 1.65. The molecule has 5 N–H and O–H groups in total. The summed E-state index contributed by atoms with van der Waals surface area (Å²) in [6.45, 7) is 1.68. The fraction of sp³-hybridized carbons (Fsp3) is 0.0370. The van der Waals surface area contributed by atoms with Gasteiger partial charge in [-0.1, -0.05) is 60.7 Å². The molecule has 0 heterocycles. The molecule has 0 aliphatic rings. The highest BCUT2D eigenvalue weighted by Crippen LogP contribution is 2.33. The molecule has 0 saturated carbocycles. The summed E-state index contributed by atoms with van der Waals surface area (Å²) < 4.78 is 29.2. The second kappa shape index (κ2) is 11.3. The first-order valence-corrected chi connectivity index (χ1v) is 12.8. The van der Waals surface area contributed by atoms with Crippen molar-refractivity contribution in [3.8, 4) is 0 Å². The van der Waals surface area contributed by atoms with Gasteiger partial charge < -0.3 is 21.3 Å². The van der Waals surface area contributed by atoms with Gasteiger partial charge in [0.2, 0.25) is 0 Å². The van der Waals surface area contributed by atoms with Gasteiger partial charge in [-0.25, -0.2) is 18.0 Å². The quantitative estimate of drug-likeness (QED) is 0.204. The van der Waals surface area contributed by atoms with Crippen LogP contribution in [0.25, 0.3) is 0 Å². The van der Waals surface area contributed by atoms with Crippen LogP contribution in [0.1, 0.15) is 5.56 Å². The lowest BCUT2D eigenvalue weighted by Crippen LogP contribution is -2.24. The van der Waals surface area contributed by atoms with Crippen LogP contribution in [0, 0.1) is 6.92 Å². The molecule has 0 radical (unpaired) electrons. The van der Waals surface area contributed by atoms with Gasteiger partial charge in [0.25, 0.3) is 10.0 Å². The van der Waals surface area contributed by atoms with Crippen LogP contribution in [0.2, 0.25) is 0 Å². The van der Waals surface area contributed by atoms with Crippen molar-refractivity contribution in [3.63, 3.8) is 0 Å². The molecule has 4 aromatic carbocycles. The normalized spacial score (nSPS) is 10.7. The van der Waals surface area contributed by atoms with Crippen molar-refractivity contribution in [2.24, 2.45) is 0 Å². The van der Waals surface area contributed by atoms with Gasteiger partial charge in [-0.15, -0.1) is 0 Å². The molecule has 9 nitrogen and oxygen atoms in total. The number of sulfonamides is 1. The summed E-state index contributed by atoms with van der Waals surface area (Å²) in [5, 5.41) is 10.7. The van der Waals surface area contributed by atoms with Crippen molar-refractivity contribution in [2.45, 2.75) is 11.8 Å². The van der Waals surface area contributed by atoms with E-state index in [1.54, 1.807) is 79.7 Å². The van der Waals surface area contributed by atoms with Gasteiger partial charge in [-0.3, -0.25) is 4.72 Å². The zero-order valence-corrected chi connectivity index (χ0v) is 20.7. The maximum atomic E-state index is 13.3. The highest BCUT2D eigenvalue weighted by molar-refractivity contribution is 7.92. The monoisotopic (exact) mass is 515 g/mol. The molecule has 0 aliphatic heterocycles. The number of carbonyl (C=O) groups excluding carboxylic acids is 2. The zero-order valence-electron chi connectivity index (χ0n) is 19.9. The van der Waals surface area contributed by atoms with E-state index in [4.69, 9.17) is 0 Å². The standard InChI is InChI=1S/C27H25N5O4S/c1-19-11-8-9-18-24(19)37(35,36)32-25-22(30-26(33)28-20-12-4-2-5-13-20)16-10-17-23(25)31-27(34)29-21-14-6-3-7-15-21/h2-18,32H,1H3,(H2,28,30,33)(H2,29,31,34). The number of amides is 4. The van der Waals surface area contributed by atoms with E-state index in [1.807, 2.05) is 12.1 Å². The average Bonchev–Trinajstić information content (AvgIpc) is 2.87. The maximum absolute atomic E-state index is 13.3. The molecule has 0 aliphatic carbocycles. The molecule has 0 bridgehead atoms. The highest BCUT2D eigenvalue weighted by atomic mass is 32.2. The number of anilines is 5. The van der Waals surface area contributed by atoms with Crippen molar-refractivity contribution in [2.75, 3.05) is 26.0 Å². The molecule has 0 fully saturated rings. The third-order valence-electron chi connectivity index (χ3n) is 5.24. The summed E-state index contributed by atoms with van der Waals surface area (Å²) in [6.07, 6.45) is 0. The van der Waals surface area contributed by atoms with Crippen LogP contribution in [0.5, 0.6) is 0 Å². The average molecular weight is 516 g/mol. The lowest BCUT2D eigenvalue weighted by Gasteiger charge is -2.19. The predicted molar refractivity (Wildman–Crippen MR) is 147 cm³/mol. The van der Waals surface area contributed by atoms with E-state index in [0.717, 1.165) is 0 Å². The second-order valence-electron chi connectivity index (χ2n) is 7.99. The van der Waals surface area contributed by atoms with E-state index >= 15 is 0 Å². The Morgan fingerprint density at radius 1 is 0.568 bits per heavy atom. The smallest absolute Gasteiger partial charge is 0.308 e. The minimum Gasteiger partial charge on any atom is -0.308 e.